The number of ether oxygens (including phenoxy) is 1. The fourth-order valence-electron chi connectivity index (χ4n) is 2.01. The Bertz CT molecular complexity index is 550. The Morgan fingerprint density at radius 2 is 2.06 bits per heavy atom. The molecule has 2 nitrogen and oxygen atoms in total. The van der Waals surface area contributed by atoms with Gasteiger partial charge in [0.25, 0.3) is 0 Å². The quantitative estimate of drug-likeness (QED) is 0.918. The Balaban J connectivity index is 1.97. The number of aliphatic hydroxyl groups excluding tert-OH is 1. The van der Waals surface area contributed by atoms with E-state index in [-0.39, 0.29) is 0 Å². The van der Waals surface area contributed by atoms with Gasteiger partial charge in [-0.15, -0.1) is 11.3 Å². The molecule has 1 aromatic carbocycles. The second-order valence-electron chi connectivity index (χ2n) is 4.06. The maximum Gasteiger partial charge on any atom is 0.114 e. The Labute approximate surface area is 112 Å². The molecular formula is C13H11BrO2S. The number of benzene rings is 1. The molecule has 17 heavy (non-hydrogen) atoms. The molecule has 2 heterocycles. The summed E-state index contributed by atoms with van der Waals surface area (Å²) in [6.07, 6.45) is -0.560. The van der Waals surface area contributed by atoms with Crippen LogP contribution in [0.1, 0.15) is 27.7 Å². The van der Waals surface area contributed by atoms with E-state index >= 15 is 0 Å². The summed E-state index contributed by atoms with van der Waals surface area (Å²) in [6.45, 7) is 1.34. The number of rotatable bonds is 2. The lowest BCUT2D eigenvalue weighted by molar-refractivity contribution is 0.134. The summed E-state index contributed by atoms with van der Waals surface area (Å²) in [5.41, 5.74) is 3.35. The van der Waals surface area contributed by atoms with Crippen molar-refractivity contribution in [2.75, 3.05) is 0 Å². The first-order chi connectivity index (χ1) is 8.25. The van der Waals surface area contributed by atoms with Crippen LogP contribution >= 0.6 is 27.3 Å². The van der Waals surface area contributed by atoms with Gasteiger partial charge in [-0.1, -0.05) is 18.2 Å². The smallest absolute Gasteiger partial charge is 0.114 e. The Morgan fingerprint density at radius 3 is 2.82 bits per heavy atom. The van der Waals surface area contributed by atoms with Crippen LogP contribution < -0.4 is 0 Å². The van der Waals surface area contributed by atoms with Crippen LogP contribution in [-0.4, -0.2) is 5.11 Å². The van der Waals surface area contributed by atoms with Crippen molar-refractivity contribution in [2.24, 2.45) is 0 Å². The van der Waals surface area contributed by atoms with Gasteiger partial charge in [-0.25, -0.2) is 0 Å². The highest BCUT2D eigenvalue weighted by molar-refractivity contribution is 9.10. The van der Waals surface area contributed by atoms with Crippen LogP contribution in [0, 0.1) is 0 Å². The summed E-state index contributed by atoms with van der Waals surface area (Å²) in [6, 6.07) is 8.02. The number of hydrogen-bond donors (Lipinski definition) is 1. The second-order valence-corrected chi connectivity index (χ2v) is 5.86. The number of hydrogen-bond acceptors (Lipinski definition) is 3. The zero-order valence-corrected chi connectivity index (χ0v) is 11.4. The minimum absolute atomic E-state index is 0.560. The molecule has 0 saturated heterocycles. The molecule has 0 bridgehead atoms. The number of halogens is 1. The van der Waals surface area contributed by atoms with Gasteiger partial charge in [-0.3, -0.25) is 0 Å². The summed E-state index contributed by atoms with van der Waals surface area (Å²) in [5.74, 6) is 0. The number of thiophene rings is 1. The molecule has 0 amide bonds. The molecule has 1 aliphatic rings. The first-order valence-electron chi connectivity index (χ1n) is 5.36. The Hall–Kier alpha value is -0.680. The molecule has 1 unspecified atom stereocenters. The van der Waals surface area contributed by atoms with Gasteiger partial charge in [0.2, 0.25) is 0 Å². The normalized spacial score (nSPS) is 15.9. The van der Waals surface area contributed by atoms with E-state index in [1.165, 1.54) is 11.1 Å². The lowest BCUT2D eigenvalue weighted by atomic mass is 10.0. The highest BCUT2D eigenvalue weighted by Crippen LogP contribution is 2.34. The molecule has 1 aromatic heterocycles. The van der Waals surface area contributed by atoms with E-state index in [0.717, 1.165) is 14.9 Å². The second kappa shape index (κ2) is 4.53. The van der Waals surface area contributed by atoms with E-state index in [0.29, 0.717) is 13.2 Å². The highest BCUT2D eigenvalue weighted by Gasteiger charge is 2.18. The van der Waals surface area contributed by atoms with Crippen LogP contribution in [0.5, 0.6) is 0 Å². The zero-order valence-electron chi connectivity index (χ0n) is 9.02. The van der Waals surface area contributed by atoms with E-state index in [1.807, 2.05) is 29.6 Å². The van der Waals surface area contributed by atoms with E-state index in [1.54, 1.807) is 11.3 Å². The van der Waals surface area contributed by atoms with Gasteiger partial charge >= 0.3 is 0 Å². The summed E-state index contributed by atoms with van der Waals surface area (Å²) in [5, 5.41) is 12.3. The average Bonchev–Trinajstić information content (AvgIpc) is 2.95. The molecule has 1 N–H and O–H groups in total. The first kappa shape index (κ1) is 11.4. The van der Waals surface area contributed by atoms with Gasteiger partial charge in [0.05, 0.1) is 18.1 Å². The number of aliphatic hydroxyl groups is 1. The molecule has 2 aromatic rings. The predicted molar refractivity (Wildman–Crippen MR) is 71.0 cm³/mol. The Kier molecular flexibility index (Phi) is 3.04. The van der Waals surface area contributed by atoms with Crippen LogP contribution in [0.2, 0.25) is 0 Å². The summed E-state index contributed by atoms with van der Waals surface area (Å²) >= 11 is 5.01. The molecule has 3 rings (SSSR count). The highest BCUT2D eigenvalue weighted by atomic mass is 79.9. The lowest BCUT2D eigenvalue weighted by Gasteiger charge is -2.11. The Morgan fingerprint density at radius 1 is 1.24 bits per heavy atom. The van der Waals surface area contributed by atoms with Crippen molar-refractivity contribution in [1.82, 2.24) is 0 Å². The summed E-state index contributed by atoms with van der Waals surface area (Å²) < 4.78 is 6.34. The maximum absolute atomic E-state index is 10.3. The topological polar surface area (TPSA) is 29.5 Å². The fraction of sp³-hybridized carbons (Fsp3) is 0.231. The van der Waals surface area contributed by atoms with Crippen LogP contribution in [0.15, 0.2) is 34.1 Å². The summed E-state index contributed by atoms with van der Waals surface area (Å²) in [7, 11) is 0. The van der Waals surface area contributed by atoms with Gasteiger partial charge < -0.3 is 9.84 Å². The molecule has 0 saturated carbocycles. The summed E-state index contributed by atoms with van der Waals surface area (Å²) in [4.78, 5) is 0.948. The minimum Gasteiger partial charge on any atom is -0.383 e. The van der Waals surface area contributed by atoms with Crippen molar-refractivity contribution in [3.05, 3.63) is 55.7 Å². The molecule has 4 heteroatoms. The molecular weight excluding hydrogens is 300 g/mol. The first-order valence-corrected chi connectivity index (χ1v) is 7.03. The largest absolute Gasteiger partial charge is 0.383 e. The van der Waals surface area contributed by atoms with Crippen LogP contribution in [0.4, 0.5) is 0 Å². The van der Waals surface area contributed by atoms with Gasteiger partial charge in [-0.2, -0.15) is 0 Å². The van der Waals surface area contributed by atoms with Crippen molar-refractivity contribution in [2.45, 2.75) is 19.3 Å². The van der Waals surface area contributed by atoms with Crippen LogP contribution in [-0.2, 0) is 18.0 Å². The molecule has 1 atom stereocenters. The third-order valence-corrected chi connectivity index (χ3v) is 4.88. The van der Waals surface area contributed by atoms with Crippen molar-refractivity contribution in [3.8, 4) is 0 Å². The molecule has 1 aliphatic heterocycles. The standard InChI is InChI=1S/C13H11BrO2S/c14-11-3-4-17-13(11)12(15)8-1-2-9-6-16-7-10(9)5-8/h1-5,12,15H,6-7H2. The van der Waals surface area contributed by atoms with Crippen molar-refractivity contribution in [1.29, 1.82) is 0 Å². The van der Waals surface area contributed by atoms with Crippen molar-refractivity contribution >= 4 is 27.3 Å². The molecule has 0 radical (unpaired) electrons. The third-order valence-electron chi connectivity index (χ3n) is 2.95. The monoisotopic (exact) mass is 310 g/mol. The van der Waals surface area contributed by atoms with Gasteiger partial charge in [0.1, 0.15) is 6.10 Å². The van der Waals surface area contributed by atoms with E-state index < -0.39 is 6.10 Å². The molecule has 0 fully saturated rings. The average molecular weight is 311 g/mol. The van der Waals surface area contributed by atoms with Gasteiger partial charge in [0, 0.05) is 4.47 Å². The predicted octanol–water partition coefficient (Wildman–Crippen LogP) is 3.62. The van der Waals surface area contributed by atoms with Gasteiger partial charge in [0.15, 0.2) is 0 Å². The minimum atomic E-state index is -0.560. The fourth-order valence-corrected chi connectivity index (χ4v) is 3.61. The van der Waals surface area contributed by atoms with E-state index in [4.69, 9.17) is 4.74 Å². The van der Waals surface area contributed by atoms with Crippen LogP contribution in [0.25, 0.3) is 0 Å². The van der Waals surface area contributed by atoms with E-state index in [2.05, 4.69) is 15.9 Å². The third kappa shape index (κ3) is 2.06. The van der Waals surface area contributed by atoms with Gasteiger partial charge in [-0.05, 0) is 44.1 Å². The lowest BCUT2D eigenvalue weighted by Crippen LogP contribution is -1.99. The number of fused-ring (bicyclic) bond motifs is 1. The molecule has 88 valence electrons. The molecule has 0 spiro atoms. The maximum atomic E-state index is 10.3. The zero-order chi connectivity index (χ0) is 11.8. The van der Waals surface area contributed by atoms with Crippen molar-refractivity contribution < 1.29 is 9.84 Å². The van der Waals surface area contributed by atoms with Crippen molar-refractivity contribution in [3.63, 3.8) is 0 Å². The SMILES string of the molecule is OC(c1ccc2c(c1)COC2)c1sccc1Br. The van der Waals surface area contributed by atoms with Crippen LogP contribution in [0.3, 0.4) is 0 Å². The molecule has 0 aliphatic carbocycles. The van der Waals surface area contributed by atoms with E-state index in [9.17, 15) is 5.11 Å².